The number of hydrogen-bond acceptors (Lipinski definition) is 4. The molecule has 0 saturated carbocycles. The van der Waals surface area contributed by atoms with Gasteiger partial charge in [-0.1, -0.05) is 39.7 Å². The highest BCUT2D eigenvalue weighted by molar-refractivity contribution is 5.48. The molecule has 0 spiro atoms. The molecule has 0 fully saturated rings. The second kappa shape index (κ2) is 8.53. The number of nitrogens with one attached hydrogen (secondary N) is 1. The molecule has 0 radical (unpaired) electrons. The highest BCUT2D eigenvalue weighted by Crippen LogP contribution is 2.28. The van der Waals surface area contributed by atoms with Crippen molar-refractivity contribution in [3.8, 4) is 5.75 Å². The second-order valence-electron chi connectivity index (χ2n) is 4.83. The number of ether oxygens (including phenoxy) is 1. The van der Waals surface area contributed by atoms with Crippen molar-refractivity contribution in [2.75, 3.05) is 13.2 Å². The Hall–Kier alpha value is -1.62. The molecule has 1 N–H and O–H groups in total. The maximum absolute atomic E-state index is 11.1. The second-order valence-corrected chi connectivity index (χ2v) is 4.83. The van der Waals surface area contributed by atoms with Gasteiger partial charge < -0.3 is 10.1 Å². The van der Waals surface area contributed by atoms with E-state index in [9.17, 15) is 10.1 Å². The van der Waals surface area contributed by atoms with Gasteiger partial charge in [0, 0.05) is 12.6 Å². The van der Waals surface area contributed by atoms with E-state index < -0.39 is 0 Å². The summed E-state index contributed by atoms with van der Waals surface area (Å²) in [5.74, 6) is 0.804. The normalized spacial score (nSPS) is 10.8. The molecule has 0 aromatic heterocycles. The van der Waals surface area contributed by atoms with Crippen molar-refractivity contribution >= 4 is 5.69 Å². The van der Waals surface area contributed by atoms with Gasteiger partial charge in [0.2, 0.25) is 0 Å². The molecule has 1 aromatic carbocycles. The highest BCUT2D eigenvalue weighted by atomic mass is 16.6. The van der Waals surface area contributed by atoms with Crippen molar-refractivity contribution in [2.24, 2.45) is 5.92 Å². The highest BCUT2D eigenvalue weighted by Gasteiger charge is 2.17. The molecule has 0 unspecified atom stereocenters. The minimum atomic E-state index is -0.377. The van der Waals surface area contributed by atoms with Crippen LogP contribution in [-0.2, 0) is 6.54 Å². The lowest BCUT2D eigenvalue weighted by molar-refractivity contribution is -0.386. The summed E-state index contributed by atoms with van der Waals surface area (Å²) >= 11 is 0. The van der Waals surface area contributed by atoms with Crippen LogP contribution in [0.1, 0.15) is 39.2 Å². The van der Waals surface area contributed by atoms with Gasteiger partial charge in [0.1, 0.15) is 0 Å². The quantitative estimate of drug-likeness (QED) is 0.555. The first kappa shape index (κ1) is 16.4. The van der Waals surface area contributed by atoms with Gasteiger partial charge in [-0.2, -0.15) is 0 Å². The Morgan fingerprint density at radius 3 is 2.55 bits per heavy atom. The predicted molar refractivity (Wildman–Crippen MR) is 80.0 cm³/mol. The number of nitro groups is 1. The molecule has 0 aliphatic carbocycles. The molecule has 0 heterocycles. The van der Waals surface area contributed by atoms with E-state index in [-0.39, 0.29) is 10.6 Å². The maximum atomic E-state index is 11.1. The molecule has 0 atom stereocenters. The zero-order chi connectivity index (χ0) is 15.0. The third kappa shape index (κ3) is 4.81. The summed E-state index contributed by atoms with van der Waals surface area (Å²) in [5.41, 5.74) is 0.944. The first-order valence-electron chi connectivity index (χ1n) is 7.23. The summed E-state index contributed by atoms with van der Waals surface area (Å²) < 4.78 is 5.64. The van der Waals surface area contributed by atoms with Crippen LogP contribution in [0.15, 0.2) is 18.2 Å². The molecule has 0 saturated heterocycles. The van der Waals surface area contributed by atoms with Crippen molar-refractivity contribution in [2.45, 2.75) is 40.2 Å². The smallest absolute Gasteiger partial charge is 0.311 e. The van der Waals surface area contributed by atoms with E-state index in [4.69, 9.17) is 4.74 Å². The van der Waals surface area contributed by atoms with Crippen molar-refractivity contribution in [1.82, 2.24) is 5.32 Å². The Morgan fingerprint density at radius 2 is 2.00 bits per heavy atom. The Labute approximate surface area is 120 Å². The molecular formula is C15H24N2O3. The zero-order valence-electron chi connectivity index (χ0n) is 12.5. The van der Waals surface area contributed by atoms with Crippen LogP contribution < -0.4 is 10.1 Å². The lowest BCUT2D eigenvalue weighted by Crippen LogP contribution is -2.13. The summed E-state index contributed by atoms with van der Waals surface area (Å²) in [4.78, 5) is 10.8. The van der Waals surface area contributed by atoms with Crippen molar-refractivity contribution in [3.05, 3.63) is 33.9 Å². The van der Waals surface area contributed by atoms with Crippen LogP contribution in [0.25, 0.3) is 0 Å². The van der Waals surface area contributed by atoms with Crippen LogP contribution in [0.3, 0.4) is 0 Å². The van der Waals surface area contributed by atoms with Crippen LogP contribution in [0.4, 0.5) is 5.69 Å². The Morgan fingerprint density at radius 1 is 1.30 bits per heavy atom. The van der Waals surface area contributed by atoms with Gasteiger partial charge in [-0.15, -0.1) is 0 Å². The molecule has 0 aliphatic heterocycles. The molecule has 0 bridgehead atoms. The molecule has 0 amide bonds. The minimum absolute atomic E-state index is 0.0476. The zero-order valence-corrected chi connectivity index (χ0v) is 12.5. The predicted octanol–water partition coefficient (Wildman–Crippen LogP) is 3.52. The van der Waals surface area contributed by atoms with Crippen LogP contribution in [0.2, 0.25) is 0 Å². The van der Waals surface area contributed by atoms with E-state index in [2.05, 4.69) is 19.2 Å². The van der Waals surface area contributed by atoms with E-state index in [0.29, 0.717) is 24.8 Å². The number of nitrogens with zero attached hydrogens (tertiary/aromatic N) is 1. The van der Waals surface area contributed by atoms with E-state index in [1.165, 1.54) is 0 Å². The topological polar surface area (TPSA) is 64.4 Å². The van der Waals surface area contributed by atoms with Gasteiger partial charge in [-0.3, -0.25) is 10.1 Å². The molecular weight excluding hydrogens is 256 g/mol. The summed E-state index contributed by atoms with van der Waals surface area (Å²) in [7, 11) is 0. The average Bonchev–Trinajstić information content (AvgIpc) is 2.46. The molecule has 20 heavy (non-hydrogen) atoms. The van der Waals surface area contributed by atoms with Crippen LogP contribution in [0, 0.1) is 16.0 Å². The summed E-state index contributed by atoms with van der Waals surface area (Å²) in [5, 5.41) is 14.3. The van der Waals surface area contributed by atoms with Crippen LogP contribution in [0.5, 0.6) is 5.75 Å². The van der Waals surface area contributed by atoms with Gasteiger partial charge in [0.15, 0.2) is 5.75 Å². The summed E-state index contributed by atoms with van der Waals surface area (Å²) in [6.07, 6.45) is 2.03. The molecule has 1 aromatic rings. The summed E-state index contributed by atoms with van der Waals surface area (Å²) in [6.45, 7) is 8.20. The molecule has 0 aliphatic rings. The summed E-state index contributed by atoms with van der Waals surface area (Å²) in [6, 6.07) is 5.16. The maximum Gasteiger partial charge on any atom is 0.311 e. The molecule has 5 heteroatoms. The van der Waals surface area contributed by atoms with E-state index in [0.717, 1.165) is 24.9 Å². The standard InChI is InChI=1S/C15H24N2O3/c1-4-12(5-2)11-20-15-8-7-13(10-16-6-3)9-14(15)17(18)19/h7-9,12,16H,4-6,10-11H2,1-3H3. The van der Waals surface area contributed by atoms with Crippen molar-refractivity contribution in [1.29, 1.82) is 0 Å². The fraction of sp³-hybridized carbons (Fsp3) is 0.600. The SMILES string of the molecule is CCNCc1ccc(OCC(CC)CC)c([N+](=O)[O-])c1. The third-order valence-corrected chi connectivity index (χ3v) is 3.43. The average molecular weight is 280 g/mol. The van der Waals surface area contributed by atoms with Crippen molar-refractivity contribution < 1.29 is 9.66 Å². The lowest BCUT2D eigenvalue weighted by Gasteiger charge is -2.14. The fourth-order valence-electron chi connectivity index (χ4n) is 1.94. The van der Waals surface area contributed by atoms with Crippen LogP contribution in [-0.4, -0.2) is 18.1 Å². The number of hydrogen-bond donors (Lipinski definition) is 1. The fourth-order valence-corrected chi connectivity index (χ4v) is 1.94. The Kier molecular flexibility index (Phi) is 7.01. The largest absolute Gasteiger partial charge is 0.487 e. The van der Waals surface area contributed by atoms with Gasteiger partial charge in [0.25, 0.3) is 0 Å². The van der Waals surface area contributed by atoms with Gasteiger partial charge in [-0.25, -0.2) is 0 Å². The van der Waals surface area contributed by atoms with Gasteiger partial charge in [0.05, 0.1) is 11.5 Å². The molecule has 5 nitrogen and oxygen atoms in total. The van der Waals surface area contributed by atoms with Crippen LogP contribution >= 0.6 is 0 Å². The first-order chi connectivity index (χ1) is 9.62. The monoisotopic (exact) mass is 280 g/mol. The Balaban J connectivity index is 2.81. The first-order valence-corrected chi connectivity index (χ1v) is 7.23. The van der Waals surface area contributed by atoms with E-state index >= 15 is 0 Å². The third-order valence-electron chi connectivity index (χ3n) is 3.43. The lowest BCUT2D eigenvalue weighted by atomic mass is 10.1. The number of nitro benzene ring substituents is 1. The number of benzene rings is 1. The minimum Gasteiger partial charge on any atom is -0.487 e. The van der Waals surface area contributed by atoms with E-state index in [1.807, 2.05) is 13.0 Å². The molecule has 112 valence electrons. The Bertz CT molecular complexity index is 431. The van der Waals surface area contributed by atoms with Gasteiger partial charge in [-0.05, 0) is 24.1 Å². The van der Waals surface area contributed by atoms with Gasteiger partial charge >= 0.3 is 5.69 Å². The number of rotatable bonds is 9. The molecule has 1 rings (SSSR count). The van der Waals surface area contributed by atoms with E-state index in [1.54, 1.807) is 12.1 Å². The van der Waals surface area contributed by atoms with Crippen molar-refractivity contribution in [3.63, 3.8) is 0 Å².